The zero-order valence-corrected chi connectivity index (χ0v) is 15.5. The van der Waals surface area contributed by atoms with Gasteiger partial charge < -0.3 is 4.57 Å². The van der Waals surface area contributed by atoms with E-state index in [0.29, 0.717) is 17.7 Å². The maximum absolute atomic E-state index is 12.6. The summed E-state index contributed by atoms with van der Waals surface area (Å²) in [5, 5.41) is 0. The van der Waals surface area contributed by atoms with Gasteiger partial charge >= 0.3 is 5.69 Å². The van der Waals surface area contributed by atoms with E-state index in [1.54, 1.807) is 25.0 Å². The van der Waals surface area contributed by atoms with Crippen molar-refractivity contribution in [3.05, 3.63) is 62.6 Å². The highest BCUT2D eigenvalue weighted by atomic mass is 32.2. The molecule has 1 aromatic carbocycles. The average Bonchev–Trinajstić information content (AvgIpc) is 2.99. The molecule has 0 spiro atoms. The third-order valence-corrected chi connectivity index (χ3v) is 5.38. The number of imidazole rings is 1. The van der Waals surface area contributed by atoms with Gasteiger partial charge in [0.25, 0.3) is 5.56 Å². The van der Waals surface area contributed by atoms with E-state index in [1.807, 2.05) is 11.8 Å². The van der Waals surface area contributed by atoms with Gasteiger partial charge in [-0.25, -0.2) is 9.78 Å². The monoisotopic (exact) mass is 358 g/mol. The van der Waals surface area contributed by atoms with E-state index >= 15 is 0 Å². The number of nitrogens with zero attached hydrogens (tertiary/aromatic N) is 4. The molecule has 0 radical (unpaired) electrons. The molecular formula is C18H22N4O2S. The highest BCUT2D eigenvalue weighted by Gasteiger charge is 2.14. The van der Waals surface area contributed by atoms with Gasteiger partial charge in [0.1, 0.15) is 0 Å². The number of aryl methyl sites for hydroxylation is 3. The van der Waals surface area contributed by atoms with Crippen molar-refractivity contribution >= 4 is 22.9 Å². The van der Waals surface area contributed by atoms with Gasteiger partial charge in [0.2, 0.25) is 0 Å². The summed E-state index contributed by atoms with van der Waals surface area (Å²) in [5.74, 6) is 1.83. The summed E-state index contributed by atoms with van der Waals surface area (Å²) in [6, 6.07) is 8.50. The number of rotatable bonds is 6. The molecule has 0 atom stereocenters. The first kappa shape index (κ1) is 17.5. The Morgan fingerprint density at radius 1 is 1.12 bits per heavy atom. The number of hydrogen-bond acceptors (Lipinski definition) is 4. The molecule has 0 N–H and O–H groups in total. The van der Waals surface area contributed by atoms with Gasteiger partial charge in [-0.05, 0) is 24.7 Å². The molecule has 0 saturated carbocycles. The van der Waals surface area contributed by atoms with Crippen molar-refractivity contribution in [1.82, 2.24) is 18.7 Å². The molecule has 132 valence electrons. The average molecular weight is 358 g/mol. The molecule has 25 heavy (non-hydrogen) atoms. The van der Waals surface area contributed by atoms with Crippen LogP contribution in [-0.2, 0) is 26.4 Å². The van der Waals surface area contributed by atoms with Gasteiger partial charge in [-0.3, -0.25) is 13.9 Å². The van der Waals surface area contributed by atoms with Crippen LogP contribution in [0.25, 0.3) is 11.2 Å². The maximum atomic E-state index is 12.6. The van der Waals surface area contributed by atoms with Crippen LogP contribution in [0.5, 0.6) is 0 Å². The number of thioether (sulfide) groups is 1. The van der Waals surface area contributed by atoms with Gasteiger partial charge in [0, 0.05) is 26.4 Å². The van der Waals surface area contributed by atoms with Crippen molar-refractivity contribution in [1.29, 1.82) is 0 Å². The first-order chi connectivity index (χ1) is 12.0. The Balaban J connectivity index is 1.65. The molecule has 0 aliphatic heterocycles. The van der Waals surface area contributed by atoms with E-state index < -0.39 is 0 Å². The normalized spacial score (nSPS) is 11.3. The Morgan fingerprint density at radius 2 is 1.84 bits per heavy atom. The second-order valence-corrected chi connectivity index (χ2v) is 7.32. The molecule has 2 aromatic heterocycles. The quantitative estimate of drug-likeness (QED) is 0.633. The van der Waals surface area contributed by atoms with Crippen molar-refractivity contribution in [3.63, 3.8) is 0 Å². The standard InChI is InChI=1S/C18H22N4O2S/c1-13-5-7-14(8-6-13)11-25-10-4-9-22-17(23)15-16(19-12-20(15)2)21(3)18(22)24/h5-8,12H,4,9-11H2,1-3H3. The summed E-state index contributed by atoms with van der Waals surface area (Å²) < 4.78 is 4.42. The van der Waals surface area contributed by atoms with Crippen LogP contribution >= 0.6 is 11.8 Å². The Morgan fingerprint density at radius 3 is 2.56 bits per heavy atom. The number of hydrogen-bond donors (Lipinski definition) is 0. The summed E-state index contributed by atoms with van der Waals surface area (Å²) in [6.45, 7) is 2.50. The lowest BCUT2D eigenvalue weighted by atomic mass is 10.2. The van der Waals surface area contributed by atoms with Crippen molar-refractivity contribution in [2.45, 2.75) is 25.6 Å². The van der Waals surface area contributed by atoms with Gasteiger partial charge in [0.05, 0.1) is 6.33 Å². The molecule has 6 nitrogen and oxygen atoms in total. The van der Waals surface area contributed by atoms with Gasteiger partial charge in [-0.15, -0.1) is 0 Å². The number of benzene rings is 1. The molecule has 0 saturated heterocycles. The molecule has 7 heteroatoms. The summed E-state index contributed by atoms with van der Waals surface area (Å²) in [7, 11) is 3.42. The smallest absolute Gasteiger partial charge is 0.328 e. The molecule has 0 unspecified atom stereocenters. The molecule has 3 aromatic rings. The molecule has 3 rings (SSSR count). The predicted molar refractivity (Wildman–Crippen MR) is 102 cm³/mol. The fraction of sp³-hybridized carbons (Fsp3) is 0.389. The molecule has 2 heterocycles. The van der Waals surface area contributed by atoms with Crippen LogP contribution < -0.4 is 11.2 Å². The van der Waals surface area contributed by atoms with Crippen molar-refractivity contribution in [3.8, 4) is 0 Å². The summed E-state index contributed by atoms with van der Waals surface area (Å²) in [6.07, 6.45) is 2.34. The van der Waals surface area contributed by atoms with Crippen molar-refractivity contribution in [2.75, 3.05) is 5.75 Å². The van der Waals surface area contributed by atoms with E-state index in [9.17, 15) is 9.59 Å². The van der Waals surface area contributed by atoms with E-state index in [4.69, 9.17) is 0 Å². The Bertz CT molecular complexity index is 999. The molecule has 0 amide bonds. The number of fused-ring (bicyclic) bond motifs is 1. The summed E-state index contributed by atoms with van der Waals surface area (Å²) in [4.78, 5) is 29.1. The van der Waals surface area contributed by atoms with Gasteiger partial charge in [-0.1, -0.05) is 29.8 Å². The molecule has 0 fully saturated rings. The van der Waals surface area contributed by atoms with Crippen LogP contribution in [-0.4, -0.2) is 24.4 Å². The molecule has 0 bridgehead atoms. The van der Waals surface area contributed by atoms with Crippen molar-refractivity contribution < 1.29 is 0 Å². The summed E-state index contributed by atoms with van der Waals surface area (Å²) >= 11 is 1.81. The summed E-state index contributed by atoms with van der Waals surface area (Å²) in [5.41, 5.74) is 2.88. The highest BCUT2D eigenvalue weighted by molar-refractivity contribution is 7.98. The largest absolute Gasteiger partial charge is 0.332 e. The Labute approximate surface area is 150 Å². The molecular weight excluding hydrogens is 336 g/mol. The number of aromatic nitrogens is 4. The SMILES string of the molecule is Cc1ccc(CSCCCn2c(=O)c3c(ncn3C)n(C)c2=O)cc1. The third kappa shape index (κ3) is 3.56. The van der Waals surface area contributed by atoms with Gasteiger partial charge in [-0.2, -0.15) is 11.8 Å². The second kappa shape index (κ2) is 7.31. The predicted octanol–water partition coefficient (Wildman–Crippen LogP) is 2.07. The first-order valence-corrected chi connectivity index (χ1v) is 9.38. The van der Waals surface area contributed by atoms with Crippen LogP contribution in [0, 0.1) is 6.92 Å². The third-order valence-electron chi connectivity index (χ3n) is 4.26. The van der Waals surface area contributed by atoms with Gasteiger partial charge in [0.15, 0.2) is 11.2 Å². The van der Waals surface area contributed by atoms with Crippen LogP contribution in [0.4, 0.5) is 0 Å². The van der Waals surface area contributed by atoms with Crippen LogP contribution in [0.3, 0.4) is 0 Å². The minimum atomic E-state index is -0.306. The first-order valence-electron chi connectivity index (χ1n) is 8.23. The van der Waals surface area contributed by atoms with Crippen molar-refractivity contribution in [2.24, 2.45) is 14.1 Å². The van der Waals surface area contributed by atoms with Crippen LogP contribution in [0.2, 0.25) is 0 Å². The van der Waals surface area contributed by atoms with E-state index in [-0.39, 0.29) is 11.2 Å². The molecule has 0 aliphatic rings. The van der Waals surface area contributed by atoms with E-state index in [1.165, 1.54) is 20.3 Å². The Hall–Kier alpha value is -2.28. The zero-order chi connectivity index (χ0) is 18.0. The second-order valence-electron chi connectivity index (χ2n) is 6.22. The van der Waals surface area contributed by atoms with E-state index in [0.717, 1.165) is 17.9 Å². The lowest BCUT2D eigenvalue weighted by Gasteiger charge is -2.08. The maximum Gasteiger partial charge on any atom is 0.332 e. The highest BCUT2D eigenvalue weighted by Crippen LogP contribution is 2.14. The minimum absolute atomic E-state index is 0.262. The zero-order valence-electron chi connectivity index (χ0n) is 14.7. The minimum Gasteiger partial charge on any atom is -0.328 e. The lowest BCUT2D eigenvalue weighted by Crippen LogP contribution is -2.39. The van der Waals surface area contributed by atoms with Crippen LogP contribution in [0.15, 0.2) is 40.2 Å². The fourth-order valence-electron chi connectivity index (χ4n) is 2.79. The Kier molecular flexibility index (Phi) is 5.13. The fourth-order valence-corrected chi connectivity index (χ4v) is 3.70. The van der Waals surface area contributed by atoms with Crippen LogP contribution in [0.1, 0.15) is 17.5 Å². The molecule has 0 aliphatic carbocycles. The lowest BCUT2D eigenvalue weighted by molar-refractivity contribution is 0.594. The topological polar surface area (TPSA) is 61.8 Å². The van der Waals surface area contributed by atoms with E-state index in [2.05, 4.69) is 36.2 Å².